The van der Waals surface area contributed by atoms with E-state index in [4.69, 9.17) is 0 Å². The maximum atomic E-state index is 4.58. The van der Waals surface area contributed by atoms with Gasteiger partial charge in [-0.25, -0.2) is 0 Å². The van der Waals surface area contributed by atoms with Crippen molar-refractivity contribution in [3.63, 3.8) is 0 Å². The predicted molar refractivity (Wildman–Crippen MR) is 290 cm³/mol. The Morgan fingerprint density at radius 1 is 0.545 bits per heavy atom. The smallest absolute Gasteiger partial charge is 0.0436 e. The molecule has 0 saturated heterocycles. The lowest BCUT2D eigenvalue weighted by Crippen LogP contribution is -2.16. The van der Waals surface area contributed by atoms with Crippen molar-refractivity contribution in [1.82, 2.24) is 0 Å². The van der Waals surface area contributed by atoms with E-state index in [2.05, 4.69) is 236 Å². The minimum atomic E-state index is -0.214. The number of rotatable bonds is 10. The van der Waals surface area contributed by atoms with Crippen molar-refractivity contribution in [1.29, 1.82) is 0 Å². The van der Waals surface area contributed by atoms with Gasteiger partial charge in [0.05, 0.1) is 0 Å². The van der Waals surface area contributed by atoms with Gasteiger partial charge in [0.2, 0.25) is 0 Å². The molecule has 0 atom stereocenters. The lowest BCUT2D eigenvalue weighted by molar-refractivity contribution is 0.654. The molecule has 1 aromatic heterocycles. The summed E-state index contributed by atoms with van der Waals surface area (Å²) in [6.45, 7) is 24.6. The van der Waals surface area contributed by atoms with Gasteiger partial charge in [-0.1, -0.05) is 205 Å². The third-order valence-electron chi connectivity index (χ3n) is 14.2. The molecule has 7 aromatic carbocycles. The van der Waals surface area contributed by atoms with Crippen molar-refractivity contribution in [2.45, 2.75) is 58.3 Å². The van der Waals surface area contributed by atoms with E-state index in [9.17, 15) is 0 Å². The zero-order chi connectivity index (χ0) is 45.7. The zero-order valence-corrected chi connectivity index (χ0v) is 39.7. The van der Waals surface area contributed by atoms with Gasteiger partial charge in [0.25, 0.3) is 0 Å². The molecule has 0 nitrogen and oxygen atoms in total. The molecule has 1 heterocycles. The van der Waals surface area contributed by atoms with E-state index < -0.39 is 0 Å². The molecular weight excluding hydrogens is 813 g/mol. The van der Waals surface area contributed by atoms with E-state index in [1.165, 1.54) is 109 Å². The Kier molecular flexibility index (Phi) is 11.1. The van der Waals surface area contributed by atoms with Gasteiger partial charge in [-0.15, -0.1) is 17.9 Å². The topological polar surface area (TPSA) is 0 Å². The van der Waals surface area contributed by atoms with Crippen LogP contribution in [0.1, 0.15) is 79.5 Å². The van der Waals surface area contributed by atoms with Crippen molar-refractivity contribution < 1.29 is 0 Å². The van der Waals surface area contributed by atoms with E-state index in [1.807, 2.05) is 17.4 Å². The third kappa shape index (κ3) is 7.14. The maximum absolute atomic E-state index is 4.58. The molecule has 0 amide bonds. The monoisotopic (exact) mass is 868 g/mol. The Bertz CT molecular complexity index is 3480. The summed E-state index contributed by atoms with van der Waals surface area (Å²) in [6.07, 6.45) is 14.1. The number of allylic oxidation sites excluding steroid dienone is 8. The molecule has 8 aromatic rings. The van der Waals surface area contributed by atoms with Gasteiger partial charge >= 0.3 is 0 Å². The molecule has 0 fully saturated rings. The second-order valence-electron chi connectivity index (χ2n) is 18.9. The number of hydrogen-bond donors (Lipinski definition) is 0. The molecule has 0 unspecified atom stereocenters. The van der Waals surface area contributed by atoms with E-state index in [0.717, 1.165) is 24.0 Å². The van der Waals surface area contributed by atoms with Crippen LogP contribution in [0.5, 0.6) is 0 Å². The summed E-state index contributed by atoms with van der Waals surface area (Å²) in [7, 11) is 0. The first-order valence-electron chi connectivity index (χ1n) is 23.2. The molecule has 0 radical (unpaired) electrons. The highest BCUT2D eigenvalue weighted by Gasteiger charge is 2.39. The van der Waals surface area contributed by atoms with Crippen LogP contribution in [0.15, 0.2) is 213 Å². The van der Waals surface area contributed by atoms with Crippen LogP contribution in [0.25, 0.3) is 75.5 Å². The number of thiophene rings is 1. The van der Waals surface area contributed by atoms with Gasteiger partial charge in [0, 0.05) is 36.6 Å². The molecule has 0 aliphatic heterocycles. The number of fused-ring (bicyclic) bond motifs is 8. The lowest BCUT2D eigenvalue weighted by atomic mass is 9.79. The van der Waals surface area contributed by atoms with Gasteiger partial charge in [0.15, 0.2) is 0 Å². The van der Waals surface area contributed by atoms with Gasteiger partial charge in [0.1, 0.15) is 0 Å². The standard InChI is InChI=1S/C65H56S/c1-9-11-12-13-14-17-24-42(3)47-25-18-15-16-19-26-48(50-28-21-20-27-49(47)50)46-34-38-57-55(39-46)51-36-32-44(40-58(51)65(57,7)8)45-33-37-54-59(41-45)64(5,6)56(10-2)62(54)61-43(4)31-35-53-52-29-22-23-30-60(52)66-63(53)61/h9-10,12-23,25-41H,1-3,11,24H2,4-8H3/b13-12-,16-15?,17-14-,18-15?,19-16?,25-18?,26-19?,47-25?,48-26?,49-47?,50-48?. The molecule has 66 heavy (non-hydrogen) atoms. The molecule has 0 bridgehead atoms. The van der Waals surface area contributed by atoms with E-state index in [-0.39, 0.29) is 10.8 Å². The van der Waals surface area contributed by atoms with Crippen LogP contribution in [-0.4, -0.2) is 0 Å². The third-order valence-corrected chi connectivity index (χ3v) is 15.4. The van der Waals surface area contributed by atoms with Crippen molar-refractivity contribution in [2.75, 3.05) is 0 Å². The summed E-state index contributed by atoms with van der Waals surface area (Å²) < 4.78 is 2.69. The number of hydrogen-bond acceptors (Lipinski definition) is 1. The van der Waals surface area contributed by atoms with Crippen molar-refractivity contribution in [3.8, 4) is 33.4 Å². The van der Waals surface area contributed by atoms with Gasteiger partial charge in [-0.2, -0.15) is 0 Å². The summed E-state index contributed by atoms with van der Waals surface area (Å²) in [5.74, 6) is 0. The first-order chi connectivity index (χ1) is 32.0. The Morgan fingerprint density at radius 2 is 1.20 bits per heavy atom. The van der Waals surface area contributed by atoms with Crippen molar-refractivity contribution >= 4 is 53.4 Å². The van der Waals surface area contributed by atoms with Crippen LogP contribution in [0.4, 0.5) is 0 Å². The number of aryl methyl sites for hydroxylation is 1. The first-order valence-corrected chi connectivity index (χ1v) is 24.0. The Morgan fingerprint density at radius 3 is 1.95 bits per heavy atom. The van der Waals surface area contributed by atoms with Gasteiger partial charge in [-0.05, 0) is 138 Å². The number of benzene rings is 6. The summed E-state index contributed by atoms with van der Waals surface area (Å²) in [4.78, 5) is 0. The highest BCUT2D eigenvalue weighted by atomic mass is 32.1. The second kappa shape index (κ2) is 17.1. The summed E-state index contributed by atoms with van der Waals surface area (Å²) >= 11 is 1.91. The predicted octanol–water partition coefficient (Wildman–Crippen LogP) is 18.7. The largest absolute Gasteiger partial charge is 0.135 e. The Balaban J connectivity index is 1.04. The summed E-state index contributed by atoms with van der Waals surface area (Å²) in [5.41, 5.74) is 20.0. The lowest BCUT2D eigenvalue weighted by Gasteiger charge is -2.24. The van der Waals surface area contributed by atoms with Crippen LogP contribution in [0.3, 0.4) is 0 Å². The van der Waals surface area contributed by atoms with Crippen LogP contribution in [0, 0.1) is 6.92 Å². The molecule has 0 saturated carbocycles. The van der Waals surface area contributed by atoms with Crippen LogP contribution in [0.2, 0.25) is 0 Å². The molecule has 2 aliphatic rings. The van der Waals surface area contributed by atoms with Gasteiger partial charge < -0.3 is 0 Å². The summed E-state index contributed by atoms with van der Waals surface area (Å²) in [5, 5.41) is 5.03. The first kappa shape index (κ1) is 42.9. The molecule has 10 rings (SSSR count). The highest BCUT2D eigenvalue weighted by molar-refractivity contribution is 7.26. The average Bonchev–Trinajstić information content (AvgIpc) is 3.89. The van der Waals surface area contributed by atoms with Gasteiger partial charge in [-0.3, -0.25) is 0 Å². The van der Waals surface area contributed by atoms with E-state index in [0.29, 0.717) is 0 Å². The van der Waals surface area contributed by atoms with Crippen molar-refractivity contribution in [3.05, 3.63) is 252 Å². The minimum absolute atomic E-state index is 0.171. The minimum Gasteiger partial charge on any atom is -0.135 e. The SMILES string of the molecule is C=CC/C=C\C=C/CC(=C)c1ccccccc(-c2ccc3c(c2)-c2ccc(-c4ccc5c(c4)C(C)(C)C(C=C)=C5c4c(C)ccc5c4sc4ccccc45)cc2C3(C)C)c2ccccc12. The molecule has 1 heteroatoms. The highest BCUT2D eigenvalue weighted by Crippen LogP contribution is 2.55. The molecule has 0 spiro atoms. The molecule has 322 valence electrons. The molecular formula is C65H56S. The Hall–Kier alpha value is -7.06. The fraction of sp³-hybridized carbons (Fsp3) is 0.138. The van der Waals surface area contributed by atoms with Crippen LogP contribution >= 0.6 is 11.3 Å². The zero-order valence-electron chi connectivity index (χ0n) is 38.8. The molecule has 2 aliphatic carbocycles. The second-order valence-corrected chi connectivity index (χ2v) is 20.0. The average molecular weight is 869 g/mol. The normalized spacial score (nSPS) is 14.5. The van der Waals surface area contributed by atoms with Crippen LogP contribution in [-0.2, 0) is 10.8 Å². The van der Waals surface area contributed by atoms with E-state index in [1.54, 1.807) is 0 Å². The summed E-state index contributed by atoms with van der Waals surface area (Å²) in [6, 6.07) is 56.7. The van der Waals surface area contributed by atoms with Crippen molar-refractivity contribution in [2.24, 2.45) is 0 Å². The molecule has 0 N–H and O–H groups in total. The van der Waals surface area contributed by atoms with Crippen LogP contribution < -0.4 is 0 Å². The Labute approximate surface area is 395 Å². The maximum Gasteiger partial charge on any atom is 0.0436 e. The quantitative estimate of drug-likeness (QED) is 0.0949. The fourth-order valence-electron chi connectivity index (χ4n) is 10.8. The van der Waals surface area contributed by atoms with E-state index >= 15 is 0 Å². The fourth-order valence-corrected chi connectivity index (χ4v) is 12.1.